The van der Waals surface area contributed by atoms with Crippen molar-refractivity contribution in [2.24, 2.45) is 11.7 Å². The lowest BCUT2D eigenvalue weighted by Gasteiger charge is -2.19. The van der Waals surface area contributed by atoms with Gasteiger partial charge in [0.15, 0.2) is 0 Å². The van der Waals surface area contributed by atoms with E-state index in [4.69, 9.17) is 5.73 Å². The van der Waals surface area contributed by atoms with Crippen LogP contribution in [0.25, 0.3) is 0 Å². The third kappa shape index (κ3) is 4.83. The van der Waals surface area contributed by atoms with E-state index in [2.05, 4.69) is 5.32 Å². The number of nitrogens with one attached hydrogen (secondary N) is 1. The number of carbonyl (C=O) groups excluding carboxylic acids is 1. The Bertz CT molecular complexity index is 669. The monoisotopic (exact) mass is 336 g/mol. The zero-order valence-corrected chi connectivity index (χ0v) is 13.2. The fourth-order valence-corrected chi connectivity index (χ4v) is 2.34. The molecule has 2 rings (SSSR count). The zero-order chi connectivity index (χ0) is 17.7. The Morgan fingerprint density at radius 2 is 1.67 bits per heavy atom. The molecule has 0 aliphatic heterocycles. The maximum absolute atomic E-state index is 12.5. The van der Waals surface area contributed by atoms with Crippen molar-refractivity contribution in [2.45, 2.75) is 25.6 Å². The molecule has 0 saturated heterocycles. The van der Waals surface area contributed by atoms with Crippen molar-refractivity contribution in [3.05, 3.63) is 65.7 Å². The van der Waals surface area contributed by atoms with E-state index in [1.165, 1.54) is 12.1 Å². The predicted octanol–water partition coefficient (Wildman–Crippen LogP) is 3.85. The van der Waals surface area contributed by atoms with Gasteiger partial charge >= 0.3 is 6.18 Å². The lowest BCUT2D eigenvalue weighted by molar-refractivity contribution is -0.137. The van der Waals surface area contributed by atoms with Gasteiger partial charge in [0.2, 0.25) is 5.91 Å². The molecule has 0 bridgehead atoms. The molecule has 1 unspecified atom stereocenters. The zero-order valence-electron chi connectivity index (χ0n) is 13.2. The van der Waals surface area contributed by atoms with Gasteiger partial charge in [-0.05, 0) is 42.2 Å². The highest BCUT2D eigenvalue weighted by atomic mass is 19.4. The van der Waals surface area contributed by atoms with E-state index in [-0.39, 0.29) is 11.6 Å². The number of halogens is 3. The Balaban J connectivity index is 1.96. The lowest BCUT2D eigenvalue weighted by Crippen LogP contribution is -2.41. The van der Waals surface area contributed by atoms with Crippen LogP contribution in [0.3, 0.4) is 0 Å². The minimum atomic E-state index is -4.40. The molecule has 3 N–H and O–H groups in total. The first-order chi connectivity index (χ1) is 11.3. The van der Waals surface area contributed by atoms with Crippen LogP contribution in [0.4, 0.5) is 18.9 Å². The molecule has 2 aromatic rings. The molecular weight excluding hydrogens is 317 g/mol. The molecule has 1 amide bonds. The summed E-state index contributed by atoms with van der Waals surface area (Å²) < 4.78 is 37.5. The van der Waals surface area contributed by atoms with E-state index in [9.17, 15) is 18.0 Å². The second-order valence-corrected chi connectivity index (χ2v) is 5.76. The minimum absolute atomic E-state index is 0.109. The third-order valence-corrected chi connectivity index (χ3v) is 3.80. The summed E-state index contributed by atoms with van der Waals surface area (Å²) in [6, 6.07) is 13.2. The Hall–Kier alpha value is -2.34. The smallest absolute Gasteiger partial charge is 0.325 e. The number of alkyl halides is 3. The van der Waals surface area contributed by atoms with Crippen LogP contribution in [0.15, 0.2) is 54.6 Å². The number of carbonyl (C=O) groups is 1. The molecule has 0 aliphatic rings. The van der Waals surface area contributed by atoms with E-state index >= 15 is 0 Å². The summed E-state index contributed by atoms with van der Waals surface area (Å²) in [5, 5.41) is 2.56. The second kappa shape index (κ2) is 7.49. The molecular formula is C18H19F3N2O. The van der Waals surface area contributed by atoms with Gasteiger partial charge < -0.3 is 11.1 Å². The molecule has 0 saturated carbocycles. The summed E-state index contributed by atoms with van der Waals surface area (Å²) in [4.78, 5) is 12.2. The lowest BCUT2D eigenvalue weighted by atomic mass is 9.94. The van der Waals surface area contributed by atoms with Crippen LogP contribution in [-0.2, 0) is 17.4 Å². The third-order valence-electron chi connectivity index (χ3n) is 3.80. The minimum Gasteiger partial charge on any atom is -0.325 e. The molecule has 3 nitrogen and oxygen atoms in total. The van der Waals surface area contributed by atoms with Crippen molar-refractivity contribution in [3.8, 4) is 0 Å². The first-order valence-electron chi connectivity index (χ1n) is 7.55. The Morgan fingerprint density at radius 3 is 2.21 bits per heavy atom. The fraction of sp³-hybridized carbons (Fsp3) is 0.278. The van der Waals surface area contributed by atoms with Crippen molar-refractivity contribution in [3.63, 3.8) is 0 Å². The molecule has 2 aromatic carbocycles. The number of rotatable bonds is 5. The maximum atomic E-state index is 12.5. The van der Waals surface area contributed by atoms with Crippen molar-refractivity contribution in [1.82, 2.24) is 0 Å². The molecule has 0 fully saturated rings. The normalized spacial score (nSPS) is 14.0. The van der Waals surface area contributed by atoms with Gasteiger partial charge in [-0.15, -0.1) is 0 Å². The van der Waals surface area contributed by atoms with Gasteiger partial charge in [0.1, 0.15) is 0 Å². The highest BCUT2D eigenvalue weighted by Crippen LogP contribution is 2.29. The first kappa shape index (κ1) is 18.0. The van der Waals surface area contributed by atoms with Crippen LogP contribution < -0.4 is 11.1 Å². The summed E-state index contributed by atoms with van der Waals surface area (Å²) in [6.45, 7) is 1.87. The summed E-state index contributed by atoms with van der Waals surface area (Å²) in [6.07, 6.45) is -3.76. The van der Waals surface area contributed by atoms with E-state index in [1.807, 2.05) is 37.3 Å². The van der Waals surface area contributed by atoms with E-state index in [0.29, 0.717) is 6.42 Å². The summed E-state index contributed by atoms with van der Waals surface area (Å²) in [5.41, 5.74) is 6.56. The van der Waals surface area contributed by atoms with Crippen molar-refractivity contribution >= 4 is 11.6 Å². The van der Waals surface area contributed by atoms with Gasteiger partial charge in [-0.2, -0.15) is 13.2 Å². The molecule has 0 aromatic heterocycles. The molecule has 2 atom stereocenters. The molecule has 128 valence electrons. The van der Waals surface area contributed by atoms with Crippen LogP contribution in [0.1, 0.15) is 18.1 Å². The predicted molar refractivity (Wildman–Crippen MR) is 87.4 cm³/mol. The molecule has 0 heterocycles. The van der Waals surface area contributed by atoms with Gasteiger partial charge in [0, 0.05) is 5.69 Å². The van der Waals surface area contributed by atoms with E-state index in [0.717, 1.165) is 17.7 Å². The molecule has 0 spiro atoms. The quantitative estimate of drug-likeness (QED) is 0.871. The Kier molecular flexibility index (Phi) is 5.62. The number of nitrogens with two attached hydrogens (primary N) is 1. The van der Waals surface area contributed by atoms with Crippen molar-refractivity contribution in [2.75, 3.05) is 5.32 Å². The van der Waals surface area contributed by atoms with Gasteiger partial charge in [0.25, 0.3) is 0 Å². The fourth-order valence-electron chi connectivity index (χ4n) is 2.34. The van der Waals surface area contributed by atoms with Gasteiger partial charge in [-0.1, -0.05) is 37.3 Å². The van der Waals surface area contributed by atoms with Crippen LogP contribution in [0, 0.1) is 5.92 Å². The van der Waals surface area contributed by atoms with Gasteiger partial charge in [0.05, 0.1) is 11.6 Å². The topological polar surface area (TPSA) is 55.1 Å². The molecule has 0 radical (unpaired) electrons. The number of benzene rings is 2. The summed E-state index contributed by atoms with van der Waals surface area (Å²) in [7, 11) is 0. The highest BCUT2D eigenvalue weighted by Gasteiger charge is 2.30. The second-order valence-electron chi connectivity index (χ2n) is 5.76. The largest absolute Gasteiger partial charge is 0.416 e. The molecule has 6 heteroatoms. The van der Waals surface area contributed by atoms with Gasteiger partial charge in [-0.3, -0.25) is 4.79 Å². The number of hydrogen-bond acceptors (Lipinski definition) is 2. The standard InChI is InChI=1S/C18H19F3N2O/c1-12(11-13-5-3-2-4-6-13)16(22)17(24)23-15-9-7-14(8-10-15)18(19,20)21/h2-10,12,16H,11,22H2,1H3,(H,23,24)/t12?,16-/m0/s1. The van der Waals surface area contributed by atoms with Crippen LogP contribution >= 0.6 is 0 Å². The van der Waals surface area contributed by atoms with Crippen molar-refractivity contribution < 1.29 is 18.0 Å². The summed E-state index contributed by atoms with van der Waals surface area (Å²) in [5.74, 6) is -0.528. The molecule has 24 heavy (non-hydrogen) atoms. The number of hydrogen-bond donors (Lipinski definition) is 2. The first-order valence-corrected chi connectivity index (χ1v) is 7.55. The average Bonchev–Trinajstić information content (AvgIpc) is 2.54. The van der Waals surface area contributed by atoms with E-state index < -0.39 is 23.7 Å². The van der Waals surface area contributed by atoms with Crippen molar-refractivity contribution in [1.29, 1.82) is 0 Å². The summed E-state index contributed by atoms with van der Waals surface area (Å²) >= 11 is 0. The Morgan fingerprint density at radius 1 is 1.08 bits per heavy atom. The van der Waals surface area contributed by atoms with E-state index in [1.54, 1.807) is 0 Å². The molecule has 0 aliphatic carbocycles. The average molecular weight is 336 g/mol. The SMILES string of the molecule is CC(Cc1ccccc1)[C@H](N)C(=O)Nc1ccc(C(F)(F)F)cc1. The van der Waals surface area contributed by atoms with Crippen LogP contribution in [0.5, 0.6) is 0 Å². The van der Waals surface area contributed by atoms with Gasteiger partial charge in [-0.25, -0.2) is 0 Å². The maximum Gasteiger partial charge on any atom is 0.416 e. The Labute approximate surface area is 138 Å². The highest BCUT2D eigenvalue weighted by molar-refractivity contribution is 5.94. The number of amides is 1. The van der Waals surface area contributed by atoms with Crippen LogP contribution in [-0.4, -0.2) is 11.9 Å². The number of anilines is 1. The van der Waals surface area contributed by atoms with Crippen LogP contribution in [0.2, 0.25) is 0 Å².